The molecule has 0 radical (unpaired) electrons. The fourth-order valence-corrected chi connectivity index (χ4v) is 5.05. The number of cyclic esters (lactones) is 1. The van der Waals surface area contributed by atoms with E-state index in [1.165, 1.54) is 29.7 Å². The Labute approximate surface area is 206 Å². The van der Waals surface area contributed by atoms with Crippen LogP contribution in [-0.4, -0.2) is 71.0 Å². The van der Waals surface area contributed by atoms with E-state index < -0.39 is 18.2 Å². The largest absolute Gasteiger partial charge is 0.447 e. The van der Waals surface area contributed by atoms with Gasteiger partial charge < -0.3 is 20.5 Å². The number of aliphatic hydroxyl groups is 1. The van der Waals surface area contributed by atoms with E-state index in [0.29, 0.717) is 17.8 Å². The summed E-state index contributed by atoms with van der Waals surface area (Å²) in [5.41, 5.74) is 2.54. The van der Waals surface area contributed by atoms with Crippen LogP contribution in [-0.2, 0) is 4.74 Å². The molecule has 2 aliphatic heterocycles. The topological polar surface area (TPSA) is 103 Å². The number of anilines is 2. The van der Waals surface area contributed by atoms with Gasteiger partial charge in [-0.3, -0.25) is 9.80 Å². The average molecular weight is 481 g/mol. The summed E-state index contributed by atoms with van der Waals surface area (Å²) in [6.07, 6.45) is 4.37. The quantitative estimate of drug-likeness (QED) is 0.503. The Morgan fingerprint density at radius 1 is 1.14 bits per heavy atom. The number of amides is 1. The first-order chi connectivity index (χ1) is 17.0. The van der Waals surface area contributed by atoms with Crippen molar-refractivity contribution in [1.29, 1.82) is 0 Å². The number of hydrogen-bond acceptors (Lipinski definition) is 8. The third-order valence-corrected chi connectivity index (χ3v) is 7.36. The zero-order chi connectivity index (χ0) is 24.4. The van der Waals surface area contributed by atoms with E-state index in [2.05, 4.69) is 56.7 Å². The van der Waals surface area contributed by atoms with Gasteiger partial charge in [0.25, 0.3) is 0 Å². The van der Waals surface area contributed by atoms with Gasteiger partial charge in [0.2, 0.25) is 5.95 Å². The van der Waals surface area contributed by atoms with Crippen molar-refractivity contribution < 1.29 is 14.6 Å². The Kier molecular flexibility index (Phi) is 7.17. The molecule has 3 unspecified atom stereocenters. The number of aromatic nitrogens is 2. The van der Waals surface area contributed by atoms with E-state index in [9.17, 15) is 9.90 Å². The van der Waals surface area contributed by atoms with Gasteiger partial charge in [-0.25, -0.2) is 9.78 Å². The van der Waals surface area contributed by atoms with Crippen molar-refractivity contribution in [3.8, 4) is 0 Å². The van der Waals surface area contributed by atoms with E-state index in [4.69, 9.17) is 4.74 Å². The smallest absolute Gasteiger partial charge is 0.416 e. The summed E-state index contributed by atoms with van der Waals surface area (Å²) >= 11 is 0. The van der Waals surface area contributed by atoms with Crippen LogP contribution >= 0.6 is 0 Å². The number of carbonyl (C=O) groups is 1. The molecule has 0 spiro atoms. The molecule has 1 aliphatic carbocycles. The summed E-state index contributed by atoms with van der Waals surface area (Å²) < 4.78 is 5.13. The van der Waals surface area contributed by atoms with Crippen molar-refractivity contribution in [3.63, 3.8) is 0 Å². The van der Waals surface area contributed by atoms with Gasteiger partial charge in [0.1, 0.15) is 18.5 Å². The van der Waals surface area contributed by atoms with E-state index in [1.54, 1.807) is 19.2 Å². The van der Waals surface area contributed by atoms with Crippen molar-refractivity contribution in [2.75, 3.05) is 43.0 Å². The number of nitrogens with zero attached hydrogens (tertiary/aromatic N) is 4. The molecule has 9 heteroatoms. The fraction of sp³-hybridized carbons (Fsp3) is 0.577. The van der Waals surface area contributed by atoms with E-state index in [0.717, 1.165) is 37.7 Å². The highest BCUT2D eigenvalue weighted by Gasteiger charge is 2.38. The first-order valence-electron chi connectivity index (χ1n) is 12.8. The minimum atomic E-state index is -0.727. The molecule has 1 aromatic heterocycles. The number of hydrogen-bond donors (Lipinski definition) is 3. The maximum absolute atomic E-state index is 12.2. The normalized spacial score (nSPS) is 23.6. The molecule has 0 bridgehead atoms. The molecule has 3 heterocycles. The maximum atomic E-state index is 12.2. The molecule has 2 saturated heterocycles. The van der Waals surface area contributed by atoms with Crippen molar-refractivity contribution in [1.82, 2.24) is 20.2 Å². The minimum absolute atomic E-state index is 0.0153. The highest BCUT2D eigenvalue weighted by molar-refractivity contribution is 5.89. The molecule has 35 heavy (non-hydrogen) atoms. The zero-order valence-corrected chi connectivity index (χ0v) is 20.6. The number of nitrogens with one attached hydrogen (secondary N) is 2. The molecule has 1 aromatic carbocycles. The zero-order valence-electron chi connectivity index (χ0n) is 20.6. The molecule has 1 saturated carbocycles. The van der Waals surface area contributed by atoms with Gasteiger partial charge >= 0.3 is 6.09 Å². The van der Waals surface area contributed by atoms with Crippen LogP contribution in [0.15, 0.2) is 36.5 Å². The van der Waals surface area contributed by atoms with E-state index in [1.807, 2.05) is 0 Å². The lowest BCUT2D eigenvalue weighted by Crippen LogP contribution is -2.45. The van der Waals surface area contributed by atoms with Crippen molar-refractivity contribution >= 4 is 17.9 Å². The molecule has 3 N–H and O–H groups in total. The summed E-state index contributed by atoms with van der Waals surface area (Å²) in [4.78, 5) is 25.1. The third-order valence-electron chi connectivity index (χ3n) is 7.36. The van der Waals surface area contributed by atoms with Crippen molar-refractivity contribution in [2.45, 2.75) is 57.3 Å². The van der Waals surface area contributed by atoms with Gasteiger partial charge in [-0.15, -0.1) is 0 Å². The van der Waals surface area contributed by atoms with E-state index in [-0.39, 0.29) is 12.6 Å². The number of aliphatic hydroxyl groups excluding tert-OH is 1. The van der Waals surface area contributed by atoms with Gasteiger partial charge in [-0.05, 0) is 43.4 Å². The molecule has 3 fully saturated rings. The van der Waals surface area contributed by atoms with Gasteiger partial charge in [-0.1, -0.05) is 37.1 Å². The van der Waals surface area contributed by atoms with Gasteiger partial charge in [0.15, 0.2) is 0 Å². The summed E-state index contributed by atoms with van der Waals surface area (Å²) in [6, 6.07) is 10.6. The predicted molar refractivity (Wildman–Crippen MR) is 134 cm³/mol. The summed E-state index contributed by atoms with van der Waals surface area (Å²) in [5.74, 6) is 1.72. The molecule has 9 nitrogen and oxygen atoms in total. The minimum Gasteiger partial charge on any atom is -0.447 e. The highest BCUT2D eigenvalue weighted by atomic mass is 16.6. The SMILES string of the molecule is CC(Nc1nccc(N2C(=O)OC[C@@H]2C(C)O)n1)c1ccc(C(CC2CC2)N2CCNCC2)cc1. The fourth-order valence-electron chi connectivity index (χ4n) is 5.05. The Morgan fingerprint density at radius 2 is 1.86 bits per heavy atom. The predicted octanol–water partition coefficient (Wildman–Crippen LogP) is 3.10. The number of carbonyl (C=O) groups excluding carboxylic acids is 1. The number of benzene rings is 1. The summed E-state index contributed by atoms with van der Waals surface area (Å²) in [5, 5.41) is 16.8. The Bertz CT molecular complexity index is 1010. The summed E-state index contributed by atoms with van der Waals surface area (Å²) in [6.45, 7) is 8.19. The second-order valence-electron chi connectivity index (χ2n) is 10.0. The van der Waals surface area contributed by atoms with Crippen molar-refractivity contribution in [3.05, 3.63) is 47.7 Å². The molecule has 2 aromatic rings. The van der Waals surface area contributed by atoms with Gasteiger partial charge in [0, 0.05) is 38.4 Å². The van der Waals surface area contributed by atoms with Crippen LogP contribution in [0.1, 0.15) is 56.3 Å². The molecule has 5 rings (SSSR count). The Hall–Kier alpha value is -2.75. The summed E-state index contributed by atoms with van der Waals surface area (Å²) in [7, 11) is 0. The maximum Gasteiger partial charge on any atom is 0.416 e. The lowest BCUT2D eigenvalue weighted by molar-refractivity contribution is 0.142. The van der Waals surface area contributed by atoms with Crippen LogP contribution in [0.3, 0.4) is 0 Å². The molecule has 4 atom stereocenters. The lowest BCUT2D eigenvalue weighted by Gasteiger charge is -2.35. The second kappa shape index (κ2) is 10.5. The Morgan fingerprint density at radius 3 is 2.54 bits per heavy atom. The average Bonchev–Trinajstić information content (AvgIpc) is 3.61. The number of rotatable bonds is 9. The third kappa shape index (κ3) is 5.58. The van der Waals surface area contributed by atoms with Crippen LogP contribution in [0.2, 0.25) is 0 Å². The van der Waals surface area contributed by atoms with Gasteiger partial charge in [0.05, 0.1) is 12.1 Å². The van der Waals surface area contributed by atoms with Crippen LogP contribution in [0.25, 0.3) is 0 Å². The van der Waals surface area contributed by atoms with Crippen LogP contribution < -0.4 is 15.5 Å². The van der Waals surface area contributed by atoms with Crippen LogP contribution in [0, 0.1) is 5.92 Å². The lowest BCUT2D eigenvalue weighted by atomic mass is 9.96. The first kappa shape index (κ1) is 24.0. The van der Waals surface area contributed by atoms with Crippen LogP contribution in [0.5, 0.6) is 0 Å². The Balaban J connectivity index is 1.27. The molecule has 1 amide bonds. The van der Waals surface area contributed by atoms with E-state index >= 15 is 0 Å². The molecular formula is C26H36N6O3. The number of piperazine rings is 1. The monoisotopic (exact) mass is 480 g/mol. The second-order valence-corrected chi connectivity index (χ2v) is 10.0. The number of ether oxygens (including phenoxy) is 1. The highest BCUT2D eigenvalue weighted by Crippen LogP contribution is 2.40. The van der Waals surface area contributed by atoms with Gasteiger partial charge in [-0.2, -0.15) is 4.98 Å². The van der Waals surface area contributed by atoms with Crippen LogP contribution in [0.4, 0.5) is 16.6 Å². The molecular weight excluding hydrogens is 444 g/mol. The molecule has 188 valence electrons. The standard InChI is InChI=1S/C26H36N6O3/c1-17(29-25-28-10-9-24(30-25)32-23(18(2)33)16-35-26(32)34)20-5-7-21(8-6-20)22(15-19-3-4-19)31-13-11-27-12-14-31/h5-10,17-19,22-23,27,33H,3-4,11-16H2,1-2H3,(H,28,29,30)/t17?,18?,22?,23-/m1/s1. The molecule has 3 aliphatic rings. The first-order valence-corrected chi connectivity index (χ1v) is 12.8. The van der Waals surface area contributed by atoms with Crippen molar-refractivity contribution in [2.24, 2.45) is 5.92 Å².